The van der Waals surface area contributed by atoms with Crippen molar-refractivity contribution in [3.05, 3.63) is 29.3 Å². The molecule has 1 aromatic carbocycles. The van der Waals surface area contributed by atoms with Crippen molar-refractivity contribution in [2.75, 3.05) is 5.32 Å². The second-order valence-corrected chi connectivity index (χ2v) is 4.69. The van der Waals surface area contributed by atoms with Gasteiger partial charge in [0.15, 0.2) is 11.6 Å². The smallest absolute Gasteiger partial charge is 0.283 e. The monoisotopic (exact) mass is 319 g/mol. The molecule has 120 valence electrons. The lowest BCUT2D eigenvalue weighted by atomic mass is 10.1. The first kappa shape index (κ1) is 16.1. The largest absolute Gasteiger partial charge is 0.462 e. The maximum Gasteiger partial charge on any atom is 0.283 e. The van der Waals surface area contributed by atoms with E-state index in [1.807, 2.05) is 0 Å². The predicted octanol–water partition coefficient (Wildman–Crippen LogP) is 2.33. The summed E-state index contributed by atoms with van der Waals surface area (Å²) in [5.41, 5.74) is 4.49. The second-order valence-electron chi connectivity index (χ2n) is 4.69. The van der Waals surface area contributed by atoms with Gasteiger partial charge in [0, 0.05) is 17.3 Å². The number of alkyl halides is 2. The van der Waals surface area contributed by atoms with Crippen LogP contribution >= 0.6 is 0 Å². The van der Waals surface area contributed by atoms with Crippen molar-refractivity contribution in [3.63, 3.8) is 0 Å². The van der Waals surface area contributed by atoms with E-state index in [-0.39, 0.29) is 18.2 Å². The minimum atomic E-state index is -3.14. The number of hydrogen-bond donors (Lipinski definition) is 2. The molecule has 1 aromatic rings. The first-order chi connectivity index (χ1) is 10.4. The number of nitrogens with two attached hydrogens (primary N) is 1. The number of halogens is 4. The molecule has 1 aliphatic carbocycles. The molecule has 0 bridgehead atoms. The van der Waals surface area contributed by atoms with Crippen LogP contribution in [0, 0.1) is 11.6 Å². The molecule has 1 saturated carbocycles. The molecule has 1 aliphatic rings. The van der Waals surface area contributed by atoms with E-state index in [4.69, 9.17) is 10.5 Å². The third-order valence-corrected chi connectivity index (χ3v) is 2.92. The average Bonchev–Trinajstić information content (AvgIpc) is 3.24. The van der Waals surface area contributed by atoms with Crippen LogP contribution in [0.15, 0.2) is 17.1 Å². The highest BCUT2D eigenvalue weighted by Gasteiger charge is 2.30. The minimum Gasteiger partial charge on any atom is -0.462 e. The molecule has 3 N–H and O–H groups in total. The van der Waals surface area contributed by atoms with E-state index in [1.54, 1.807) is 0 Å². The Morgan fingerprint density at radius 3 is 2.64 bits per heavy atom. The molecule has 1 amide bonds. The third-order valence-electron chi connectivity index (χ3n) is 2.92. The maximum atomic E-state index is 13.8. The molecule has 22 heavy (non-hydrogen) atoms. The number of carbonyl (C=O) groups excluding carboxylic acids is 1. The van der Waals surface area contributed by atoms with Crippen LogP contribution in [-0.4, -0.2) is 25.0 Å². The van der Waals surface area contributed by atoms with Crippen LogP contribution in [0.4, 0.5) is 23.2 Å². The Labute approximate surface area is 123 Å². The van der Waals surface area contributed by atoms with E-state index in [0.717, 1.165) is 18.9 Å². The molecule has 9 heteroatoms. The Hall–Kier alpha value is -2.32. The van der Waals surface area contributed by atoms with Gasteiger partial charge in [-0.2, -0.15) is 0 Å². The van der Waals surface area contributed by atoms with Crippen molar-refractivity contribution in [1.29, 1.82) is 0 Å². The molecule has 0 aliphatic heterocycles. The van der Waals surface area contributed by atoms with Crippen LogP contribution in [0.3, 0.4) is 0 Å². The molecule has 2 rings (SSSR count). The average molecular weight is 319 g/mol. The number of rotatable bonds is 6. The van der Waals surface area contributed by atoms with E-state index < -0.39 is 35.7 Å². The van der Waals surface area contributed by atoms with E-state index >= 15 is 0 Å². The Kier molecular flexibility index (Phi) is 4.84. The molecule has 0 unspecified atom stereocenters. The summed E-state index contributed by atoms with van der Waals surface area (Å²) in [7, 11) is 0. The number of nitrogens with one attached hydrogen (secondary N) is 1. The summed E-state index contributed by atoms with van der Waals surface area (Å²) >= 11 is 0. The minimum absolute atomic E-state index is 0.174. The van der Waals surface area contributed by atoms with E-state index in [1.165, 1.54) is 0 Å². The number of amides is 1. The molecule has 0 heterocycles. The number of benzene rings is 1. The molecule has 1 atom stereocenters. The van der Waals surface area contributed by atoms with Gasteiger partial charge in [0.1, 0.15) is 12.1 Å². The lowest BCUT2D eigenvalue weighted by Gasteiger charge is -2.15. The van der Waals surface area contributed by atoms with Crippen molar-refractivity contribution < 1.29 is 27.1 Å². The fraction of sp³-hybridized carbons (Fsp3) is 0.385. The second kappa shape index (κ2) is 6.63. The van der Waals surface area contributed by atoms with Crippen LogP contribution in [-0.2, 0) is 9.53 Å². The van der Waals surface area contributed by atoms with Crippen molar-refractivity contribution in [1.82, 2.24) is 0 Å². The number of nitrogens with zero attached hydrogens (tertiary/aromatic N) is 1. The van der Waals surface area contributed by atoms with Gasteiger partial charge in [-0.3, -0.25) is 4.79 Å². The van der Waals surface area contributed by atoms with Gasteiger partial charge in [-0.1, -0.05) is 0 Å². The molecule has 5 nitrogen and oxygen atoms in total. The topological polar surface area (TPSA) is 76.7 Å². The maximum absolute atomic E-state index is 13.8. The van der Waals surface area contributed by atoms with Gasteiger partial charge < -0.3 is 15.8 Å². The highest BCUT2D eigenvalue weighted by molar-refractivity contribution is 5.73. The highest BCUT2D eigenvalue weighted by atomic mass is 19.3. The predicted molar refractivity (Wildman–Crippen MR) is 70.5 cm³/mol. The zero-order valence-electron chi connectivity index (χ0n) is 11.2. The molecule has 0 saturated heterocycles. The zero-order valence-corrected chi connectivity index (χ0v) is 11.2. The van der Waals surface area contributed by atoms with E-state index in [9.17, 15) is 22.4 Å². The van der Waals surface area contributed by atoms with Crippen molar-refractivity contribution in [2.24, 2.45) is 10.7 Å². The summed E-state index contributed by atoms with van der Waals surface area (Å²) in [5.74, 6) is -2.87. The van der Waals surface area contributed by atoms with Crippen LogP contribution in [0.5, 0.6) is 0 Å². The molecule has 0 spiro atoms. The van der Waals surface area contributed by atoms with E-state index in [2.05, 4.69) is 10.3 Å². The van der Waals surface area contributed by atoms with Gasteiger partial charge in [0.2, 0.25) is 6.41 Å². The first-order valence-corrected chi connectivity index (χ1v) is 6.39. The van der Waals surface area contributed by atoms with Gasteiger partial charge in [-0.25, -0.2) is 22.6 Å². The van der Waals surface area contributed by atoms with Gasteiger partial charge in [-0.15, -0.1) is 0 Å². The molecular formula is C13H13F4N3O2. The normalized spacial score (nSPS) is 16.5. The quantitative estimate of drug-likeness (QED) is 0.366. The van der Waals surface area contributed by atoms with Crippen molar-refractivity contribution in [2.45, 2.75) is 31.4 Å². The van der Waals surface area contributed by atoms with Crippen molar-refractivity contribution >= 4 is 18.1 Å². The lowest BCUT2D eigenvalue weighted by molar-refractivity contribution is -0.105. The number of anilines is 1. The summed E-state index contributed by atoms with van der Waals surface area (Å²) in [5, 5.41) is 2.06. The Bertz CT molecular complexity index is 591. The van der Waals surface area contributed by atoms with Gasteiger partial charge >= 0.3 is 0 Å². The van der Waals surface area contributed by atoms with Crippen LogP contribution in [0.2, 0.25) is 0 Å². The van der Waals surface area contributed by atoms with Crippen molar-refractivity contribution in [3.8, 4) is 0 Å². The highest BCUT2D eigenvalue weighted by Crippen LogP contribution is 2.31. The van der Waals surface area contributed by atoms with Crippen LogP contribution in [0.1, 0.15) is 24.4 Å². The number of amidine groups is 1. The Morgan fingerprint density at radius 2 is 2.09 bits per heavy atom. The number of aliphatic imine (C=N–C) groups is 1. The fourth-order valence-corrected chi connectivity index (χ4v) is 1.76. The van der Waals surface area contributed by atoms with Gasteiger partial charge in [0.25, 0.3) is 12.4 Å². The van der Waals surface area contributed by atoms with Crippen LogP contribution < -0.4 is 11.1 Å². The summed E-state index contributed by atoms with van der Waals surface area (Å²) < 4.78 is 58.5. The third kappa shape index (κ3) is 3.86. The SMILES string of the molecule is NC(=N[C@@H](c1cc(NC=O)cc(F)c1F)C(F)F)OC1CC1. The van der Waals surface area contributed by atoms with Crippen LogP contribution in [0.25, 0.3) is 0 Å². The van der Waals surface area contributed by atoms with E-state index in [0.29, 0.717) is 6.07 Å². The number of ether oxygens (including phenoxy) is 1. The number of carbonyl (C=O) groups is 1. The molecular weight excluding hydrogens is 306 g/mol. The standard InChI is InChI=1S/C13H13F4N3O2/c14-9-4-6(19-5-21)3-8(10(9)15)11(12(16)17)20-13(18)22-7-1-2-7/h3-5,7,11-12H,1-2H2,(H2,18,20)(H,19,21)/t11-/m0/s1. The summed E-state index contributed by atoms with van der Waals surface area (Å²) in [4.78, 5) is 13.8. The summed E-state index contributed by atoms with van der Waals surface area (Å²) in [6.45, 7) is 0. The van der Waals surface area contributed by atoms with Gasteiger partial charge in [0.05, 0.1) is 0 Å². The zero-order chi connectivity index (χ0) is 16.3. The Morgan fingerprint density at radius 1 is 1.41 bits per heavy atom. The van der Waals surface area contributed by atoms with Gasteiger partial charge in [-0.05, 0) is 18.9 Å². The Balaban J connectivity index is 2.36. The summed E-state index contributed by atoms with van der Waals surface area (Å²) in [6.07, 6.45) is -1.63. The molecule has 0 aromatic heterocycles. The molecule has 1 fully saturated rings. The summed E-state index contributed by atoms with van der Waals surface area (Å²) in [6, 6.07) is -1.01. The first-order valence-electron chi connectivity index (χ1n) is 6.39. The fourth-order valence-electron chi connectivity index (χ4n) is 1.76. The number of hydrogen-bond acceptors (Lipinski definition) is 3. The lowest BCUT2D eigenvalue weighted by Crippen LogP contribution is -2.21. The molecule has 0 radical (unpaired) electrons.